The molecule has 12 heteroatoms. The van der Waals surface area contributed by atoms with Gasteiger partial charge in [0, 0.05) is 40.6 Å². The standard InChI is InChI=1S/C27H20Cl2F2N8/c28-20-4-2-1-3-18(20)26(23-13-39(38-37-23)17-5-6-17)35-15-7-19-24(36-16-9-22(30)27(31)34-12-16)14(10-32)11-33-25(19)21(29)8-15/h1-4,7-9,11-13,17,26,35,37-38H,5-6H2,(H,33,36)/i26D. The summed E-state index contributed by atoms with van der Waals surface area (Å²) in [6, 6.07) is 12.1. The highest BCUT2D eigenvalue weighted by Crippen LogP contribution is 2.38. The number of fused-ring (bicyclic) bond motifs is 1. The van der Waals surface area contributed by atoms with E-state index in [0.29, 0.717) is 38.9 Å². The van der Waals surface area contributed by atoms with Gasteiger partial charge in [-0.2, -0.15) is 9.65 Å². The molecule has 1 unspecified atom stereocenters. The van der Waals surface area contributed by atoms with Gasteiger partial charge in [-0.15, -0.1) is 5.53 Å². The molecule has 0 saturated heterocycles. The van der Waals surface area contributed by atoms with Crippen LogP contribution in [0.3, 0.4) is 0 Å². The van der Waals surface area contributed by atoms with Crippen LogP contribution in [0.2, 0.25) is 10.0 Å². The number of rotatable bonds is 7. The van der Waals surface area contributed by atoms with Gasteiger partial charge in [0.1, 0.15) is 6.07 Å². The van der Waals surface area contributed by atoms with Crippen LogP contribution >= 0.6 is 23.2 Å². The van der Waals surface area contributed by atoms with Crippen LogP contribution in [0.4, 0.5) is 25.8 Å². The second-order valence-corrected chi connectivity index (χ2v) is 9.85. The highest BCUT2D eigenvalue weighted by molar-refractivity contribution is 6.36. The van der Waals surface area contributed by atoms with E-state index in [2.05, 4.69) is 37.6 Å². The quantitative estimate of drug-likeness (QED) is 0.193. The van der Waals surface area contributed by atoms with Gasteiger partial charge < -0.3 is 16.1 Å². The summed E-state index contributed by atoms with van der Waals surface area (Å²) < 4.78 is 36.9. The van der Waals surface area contributed by atoms with Crippen molar-refractivity contribution in [1.82, 2.24) is 25.9 Å². The van der Waals surface area contributed by atoms with Gasteiger partial charge in [0.05, 0.1) is 46.8 Å². The van der Waals surface area contributed by atoms with E-state index in [1.54, 1.807) is 36.4 Å². The van der Waals surface area contributed by atoms with Crippen molar-refractivity contribution in [3.05, 3.63) is 99.7 Å². The van der Waals surface area contributed by atoms with Crippen LogP contribution in [0, 0.1) is 23.1 Å². The van der Waals surface area contributed by atoms with Crippen molar-refractivity contribution in [2.75, 3.05) is 10.6 Å². The zero-order valence-corrected chi connectivity index (χ0v) is 21.6. The van der Waals surface area contributed by atoms with Crippen LogP contribution in [-0.2, 0) is 0 Å². The number of pyridine rings is 2. The van der Waals surface area contributed by atoms with Gasteiger partial charge in [-0.3, -0.25) is 9.99 Å². The van der Waals surface area contributed by atoms with Crippen LogP contribution in [0.5, 0.6) is 0 Å². The number of halogens is 4. The van der Waals surface area contributed by atoms with E-state index < -0.39 is 17.8 Å². The van der Waals surface area contributed by atoms with Crippen molar-refractivity contribution >= 4 is 51.2 Å². The van der Waals surface area contributed by atoms with Crippen molar-refractivity contribution in [2.24, 2.45) is 0 Å². The Labute approximate surface area is 233 Å². The van der Waals surface area contributed by atoms with Crippen molar-refractivity contribution in [2.45, 2.75) is 24.9 Å². The van der Waals surface area contributed by atoms with E-state index in [4.69, 9.17) is 23.2 Å². The lowest BCUT2D eigenvalue weighted by Gasteiger charge is -2.23. The number of nitrogens with one attached hydrogen (secondary N) is 4. The Morgan fingerprint density at radius 1 is 1.10 bits per heavy atom. The maximum atomic E-state index is 13.9. The zero-order chi connectivity index (χ0) is 28.0. The molecule has 3 heterocycles. The number of hydrogen-bond acceptors (Lipinski definition) is 8. The van der Waals surface area contributed by atoms with E-state index in [0.717, 1.165) is 25.1 Å². The van der Waals surface area contributed by atoms with E-state index in [1.165, 1.54) is 6.20 Å². The second-order valence-electron chi connectivity index (χ2n) is 9.03. The topological polar surface area (TPSA) is 101 Å². The number of nitrogens with zero attached hydrogens (tertiary/aromatic N) is 4. The molecule has 2 aromatic carbocycles. The lowest BCUT2D eigenvalue weighted by atomic mass is 10.0. The molecular weight excluding hydrogens is 545 g/mol. The van der Waals surface area contributed by atoms with E-state index in [1.807, 2.05) is 11.2 Å². The minimum Gasteiger partial charge on any atom is -0.373 e. The van der Waals surface area contributed by atoms with Gasteiger partial charge in [-0.1, -0.05) is 41.4 Å². The fraction of sp³-hybridized carbons (Fsp3) is 0.148. The third-order valence-corrected chi connectivity index (χ3v) is 6.94. The maximum Gasteiger partial charge on any atom is 0.249 e. The first-order chi connectivity index (χ1) is 19.3. The first kappa shape index (κ1) is 23.9. The maximum absolute atomic E-state index is 13.9. The average Bonchev–Trinajstić information content (AvgIpc) is 3.66. The molecule has 0 spiro atoms. The van der Waals surface area contributed by atoms with Crippen LogP contribution < -0.4 is 21.6 Å². The molecule has 0 bridgehead atoms. The van der Waals surface area contributed by atoms with Crippen LogP contribution in [0.25, 0.3) is 10.9 Å². The average molecular weight is 566 g/mol. The molecular formula is C27H20Cl2F2N8. The number of benzene rings is 2. The van der Waals surface area contributed by atoms with E-state index in [-0.39, 0.29) is 22.0 Å². The number of hydrazine groups is 2. The first-order valence-electron chi connectivity index (χ1n) is 12.4. The smallest absolute Gasteiger partial charge is 0.249 e. The molecule has 0 radical (unpaired) electrons. The summed E-state index contributed by atoms with van der Waals surface area (Å²) >= 11 is 13.2. The Bertz CT molecular complexity index is 1730. The van der Waals surface area contributed by atoms with Crippen LogP contribution in [-0.4, -0.2) is 21.0 Å². The first-order valence-corrected chi connectivity index (χ1v) is 12.7. The fourth-order valence-electron chi connectivity index (χ4n) is 4.28. The molecule has 2 aromatic heterocycles. The number of anilines is 3. The van der Waals surface area contributed by atoms with Gasteiger partial charge in [-0.05, 0) is 36.6 Å². The van der Waals surface area contributed by atoms with Gasteiger partial charge in [0.25, 0.3) is 0 Å². The van der Waals surface area contributed by atoms with E-state index >= 15 is 0 Å². The third kappa shape index (κ3) is 5.00. The largest absolute Gasteiger partial charge is 0.373 e. The van der Waals surface area contributed by atoms with Gasteiger partial charge in [0.15, 0.2) is 5.82 Å². The monoisotopic (exact) mass is 565 g/mol. The summed E-state index contributed by atoms with van der Waals surface area (Å²) in [5, 5.41) is 18.9. The fourth-order valence-corrected chi connectivity index (χ4v) is 4.78. The summed E-state index contributed by atoms with van der Waals surface area (Å²) in [7, 11) is 0. The van der Waals surface area contributed by atoms with Gasteiger partial charge >= 0.3 is 0 Å². The number of hydrogen-bond donors (Lipinski definition) is 4. The minimum atomic E-state index is -1.59. The summed E-state index contributed by atoms with van der Waals surface area (Å²) in [4.78, 5) is 7.73. The molecule has 2 aliphatic rings. The second kappa shape index (κ2) is 10.2. The summed E-state index contributed by atoms with van der Waals surface area (Å²) in [6.45, 7) is 0. The van der Waals surface area contributed by atoms with E-state index in [9.17, 15) is 15.4 Å². The molecule has 1 aliphatic heterocycles. The van der Waals surface area contributed by atoms with Gasteiger partial charge in [-0.25, -0.2) is 9.37 Å². The Morgan fingerprint density at radius 3 is 2.67 bits per heavy atom. The Morgan fingerprint density at radius 2 is 1.92 bits per heavy atom. The third-order valence-electron chi connectivity index (χ3n) is 6.32. The summed E-state index contributed by atoms with van der Waals surface area (Å²) in [5.74, 6) is -2.39. The Balaban J connectivity index is 1.47. The minimum absolute atomic E-state index is 0.120. The number of aromatic nitrogens is 2. The van der Waals surface area contributed by atoms with Crippen LogP contribution in [0.15, 0.2) is 66.8 Å². The molecule has 4 aromatic rings. The van der Waals surface area contributed by atoms with Crippen molar-refractivity contribution in [1.29, 1.82) is 5.26 Å². The molecule has 1 saturated carbocycles. The number of nitriles is 1. The molecule has 0 amide bonds. The molecule has 8 nitrogen and oxygen atoms in total. The molecule has 39 heavy (non-hydrogen) atoms. The van der Waals surface area contributed by atoms with Crippen molar-refractivity contribution < 1.29 is 10.2 Å². The molecule has 6 rings (SSSR count). The summed E-state index contributed by atoms with van der Waals surface area (Å²) in [6.07, 6.45) is 6.36. The normalized spacial score (nSPS) is 16.6. The molecule has 1 fully saturated rings. The molecule has 1 aliphatic carbocycles. The highest BCUT2D eigenvalue weighted by atomic mass is 35.5. The summed E-state index contributed by atoms with van der Waals surface area (Å²) in [5.41, 5.74) is 8.47. The Kier molecular flexibility index (Phi) is 6.25. The predicted octanol–water partition coefficient (Wildman–Crippen LogP) is 6.31. The molecule has 196 valence electrons. The SMILES string of the molecule is [2H]C(Nc1cc(Cl)c2ncc(C#N)c(Nc3cnc(F)c(F)c3)c2c1)(C1=CN(C2CC2)NN1)c1ccccc1Cl. The Hall–Kier alpha value is -4.17. The lowest BCUT2D eigenvalue weighted by Crippen LogP contribution is -2.38. The van der Waals surface area contributed by atoms with Crippen molar-refractivity contribution in [3.63, 3.8) is 0 Å². The zero-order valence-electron chi connectivity index (χ0n) is 21.1. The van der Waals surface area contributed by atoms with Crippen LogP contribution in [0.1, 0.15) is 31.4 Å². The molecule has 1 atom stereocenters. The van der Waals surface area contributed by atoms with Gasteiger partial charge in [0.2, 0.25) is 5.95 Å². The van der Waals surface area contributed by atoms with Crippen molar-refractivity contribution in [3.8, 4) is 6.07 Å². The molecule has 4 N–H and O–H groups in total. The predicted molar refractivity (Wildman–Crippen MR) is 146 cm³/mol. The highest BCUT2D eigenvalue weighted by Gasteiger charge is 2.32. The lowest BCUT2D eigenvalue weighted by molar-refractivity contribution is 0.260.